The zero-order chi connectivity index (χ0) is 19.0. The van der Waals surface area contributed by atoms with Gasteiger partial charge in [0, 0.05) is 19.2 Å². The third kappa shape index (κ3) is 5.92. The van der Waals surface area contributed by atoms with Crippen LogP contribution in [-0.4, -0.2) is 55.4 Å². The summed E-state index contributed by atoms with van der Waals surface area (Å²) in [6.45, 7) is 1.90. The number of aliphatic carboxylic acids is 1. The van der Waals surface area contributed by atoms with Gasteiger partial charge in [0.2, 0.25) is 0 Å². The molecule has 0 aliphatic heterocycles. The molecule has 0 bridgehead atoms. The van der Waals surface area contributed by atoms with Crippen LogP contribution < -0.4 is 14.8 Å². The third-order valence-electron chi connectivity index (χ3n) is 3.13. The number of methoxy groups -OCH3 is 2. The van der Waals surface area contributed by atoms with Crippen LogP contribution in [0.2, 0.25) is 0 Å². The van der Waals surface area contributed by atoms with Gasteiger partial charge in [0.15, 0.2) is 11.5 Å². The molecule has 2 N–H and O–H groups in total. The summed E-state index contributed by atoms with van der Waals surface area (Å²) in [5.74, 6) is -1.64. The second kappa shape index (κ2) is 9.42. The Morgan fingerprint density at radius 1 is 1.28 bits per heavy atom. The molecule has 0 saturated carbocycles. The van der Waals surface area contributed by atoms with Gasteiger partial charge in [-0.3, -0.25) is 19.7 Å². The first-order valence-corrected chi connectivity index (χ1v) is 7.31. The molecule has 10 nitrogen and oxygen atoms in total. The van der Waals surface area contributed by atoms with Gasteiger partial charge in [0.25, 0.3) is 11.6 Å². The number of carbonyl (C=O) groups excluding carboxylic acids is 1. The Kier molecular flexibility index (Phi) is 7.60. The lowest BCUT2D eigenvalue weighted by Crippen LogP contribution is -2.34. The van der Waals surface area contributed by atoms with Gasteiger partial charge in [0.05, 0.1) is 31.1 Å². The van der Waals surface area contributed by atoms with Crippen LogP contribution in [0.3, 0.4) is 0 Å². The number of hydrogen-bond donors (Lipinski definition) is 2. The topological polar surface area (TPSA) is 137 Å². The maximum atomic E-state index is 12.3. The van der Waals surface area contributed by atoms with Gasteiger partial charge in [0.1, 0.15) is 12.2 Å². The number of nitrogens with one attached hydrogen (secondary N) is 1. The Labute approximate surface area is 143 Å². The standard InChI is InChI=1S/C15H20N2O8/c1-9(6-14(18)19)16-15(20)10-7-12(24-3)13(25-5-4-23-2)8-11(10)17(21)22/h7-9H,4-6H2,1-3H3,(H,16,20)(H,18,19). The van der Waals surface area contributed by atoms with Crippen molar-refractivity contribution in [2.24, 2.45) is 0 Å². The minimum absolute atomic E-state index is 0.0985. The van der Waals surface area contributed by atoms with Crippen LogP contribution in [0.5, 0.6) is 11.5 Å². The van der Waals surface area contributed by atoms with E-state index in [4.69, 9.17) is 19.3 Å². The number of nitro groups is 1. The summed E-state index contributed by atoms with van der Waals surface area (Å²) < 4.78 is 15.3. The van der Waals surface area contributed by atoms with E-state index in [0.29, 0.717) is 0 Å². The summed E-state index contributed by atoms with van der Waals surface area (Å²) in [5, 5.41) is 22.4. The smallest absolute Gasteiger partial charge is 0.305 e. The van der Waals surface area contributed by atoms with Crippen LogP contribution in [0.1, 0.15) is 23.7 Å². The summed E-state index contributed by atoms with van der Waals surface area (Å²) >= 11 is 0. The average molecular weight is 356 g/mol. The number of carboxylic acid groups (broad SMARTS) is 1. The number of amides is 1. The maximum Gasteiger partial charge on any atom is 0.305 e. The van der Waals surface area contributed by atoms with E-state index < -0.39 is 28.5 Å². The number of carboxylic acids is 1. The third-order valence-corrected chi connectivity index (χ3v) is 3.13. The number of rotatable bonds is 10. The second-order valence-corrected chi connectivity index (χ2v) is 5.09. The lowest BCUT2D eigenvalue weighted by Gasteiger charge is -2.14. The number of benzene rings is 1. The Morgan fingerprint density at radius 3 is 2.48 bits per heavy atom. The van der Waals surface area contributed by atoms with E-state index in [1.54, 1.807) is 0 Å². The van der Waals surface area contributed by atoms with Gasteiger partial charge in [-0.1, -0.05) is 0 Å². The van der Waals surface area contributed by atoms with Gasteiger partial charge < -0.3 is 24.6 Å². The molecule has 1 aromatic rings. The molecule has 1 aromatic carbocycles. The first-order valence-electron chi connectivity index (χ1n) is 7.31. The van der Waals surface area contributed by atoms with Crippen LogP contribution in [-0.2, 0) is 9.53 Å². The summed E-state index contributed by atoms with van der Waals surface area (Å²) in [4.78, 5) is 33.5. The lowest BCUT2D eigenvalue weighted by atomic mass is 10.1. The molecule has 0 spiro atoms. The molecule has 0 aliphatic carbocycles. The molecule has 25 heavy (non-hydrogen) atoms. The average Bonchev–Trinajstić information content (AvgIpc) is 2.53. The number of nitrogens with zero attached hydrogens (tertiary/aromatic N) is 1. The molecule has 138 valence electrons. The minimum atomic E-state index is -1.10. The first kappa shape index (κ1) is 20.2. The van der Waals surface area contributed by atoms with E-state index in [2.05, 4.69) is 5.32 Å². The number of nitro benzene ring substituents is 1. The molecule has 1 rings (SSSR count). The number of ether oxygens (including phenoxy) is 3. The van der Waals surface area contributed by atoms with E-state index in [9.17, 15) is 19.7 Å². The second-order valence-electron chi connectivity index (χ2n) is 5.09. The molecule has 0 fully saturated rings. The van der Waals surface area contributed by atoms with E-state index in [1.807, 2.05) is 0 Å². The van der Waals surface area contributed by atoms with Crippen molar-refractivity contribution in [2.45, 2.75) is 19.4 Å². The normalized spacial score (nSPS) is 11.5. The Bertz CT molecular complexity index is 647. The molecule has 1 atom stereocenters. The first-order chi connectivity index (χ1) is 11.8. The predicted molar refractivity (Wildman–Crippen MR) is 86.2 cm³/mol. The van der Waals surface area contributed by atoms with Crippen molar-refractivity contribution in [3.63, 3.8) is 0 Å². The fourth-order valence-corrected chi connectivity index (χ4v) is 2.00. The summed E-state index contributed by atoms with van der Waals surface area (Å²) in [6.07, 6.45) is -0.311. The Hall–Kier alpha value is -2.88. The molecule has 0 heterocycles. The SMILES string of the molecule is COCCOc1cc([N+](=O)[O-])c(C(=O)NC(C)CC(=O)O)cc1OC. The van der Waals surface area contributed by atoms with E-state index >= 15 is 0 Å². The van der Waals surface area contributed by atoms with Crippen LogP contribution in [0.15, 0.2) is 12.1 Å². The highest BCUT2D eigenvalue weighted by Crippen LogP contribution is 2.34. The highest BCUT2D eigenvalue weighted by atomic mass is 16.6. The van der Waals surface area contributed by atoms with Gasteiger partial charge >= 0.3 is 5.97 Å². The van der Waals surface area contributed by atoms with Gasteiger partial charge in [-0.05, 0) is 6.92 Å². The molecule has 0 aliphatic rings. The molecular weight excluding hydrogens is 336 g/mol. The van der Waals surface area contributed by atoms with Crippen molar-refractivity contribution in [1.29, 1.82) is 0 Å². The minimum Gasteiger partial charge on any atom is -0.493 e. The molecule has 10 heteroatoms. The molecule has 0 aromatic heterocycles. The van der Waals surface area contributed by atoms with Crippen molar-refractivity contribution in [2.75, 3.05) is 27.4 Å². The Balaban J connectivity index is 3.14. The fourth-order valence-electron chi connectivity index (χ4n) is 2.00. The summed E-state index contributed by atoms with van der Waals surface area (Å²) in [7, 11) is 2.81. The molecule has 0 radical (unpaired) electrons. The van der Waals surface area contributed by atoms with Gasteiger partial charge in [-0.2, -0.15) is 0 Å². The molecular formula is C15H20N2O8. The van der Waals surface area contributed by atoms with Crippen molar-refractivity contribution >= 4 is 17.6 Å². The highest BCUT2D eigenvalue weighted by molar-refractivity contribution is 5.99. The zero-order valence-electron chi connectivity index (χ0n) is 14.1. The van der Waals surface area contributed by atoms with E-state index in [-0.39, 0.29) is 36.7 Å². The molecule has 0 saturated heterocycles. The van der Waals surface area contributed by atoms with Gasteiger partial charge in [-0.25, -0.2) is 0 Å². The lowest BCUT2D eigenvalue weighted by molar-refractivity contribution is -0.385. The van der Waals surface area contributed by atoms with Crippen LogP contribution in [0.4, 0.5) is 5.69 Å². The van der Waals surface area contributed by atoms with Gasteiger partial charge in [-0.15, -0.1) is 0 Å². The number of hydrogen-bond acceptors (Lipinski definition) is 7. The number of carbonyl (C=O) groups is 2. The van der Waals surface area contributed by atoms with E-state index in [1.165, 1.54) is 27.2 Å². The van der Waals surface area contributed by atoms with Crippen LogP contribution in [0, 0.1) is 10.1 Å². The quantitative estimate of drug-likeness (QED) is 0.363. The summed E-state index contributed by atoms with van der Waals surface area (Å²) in [6, 6.07) is 1.57. The fraction of sp³-hybridized carbons (Fsp3) is 0.467. The summed E-state index contributed by atoms with van der Waals surface area (Å²) in [5.41, 5.74) is -0.730. The highest BCUT2D eigenvalue weighted by Gasteiger charge is 2.26. The van der Waals surface area contributed by atoms with Crippen molar-refractivity contribution in [1.82, 2.24) is 5.32 Å². The monoisotopic (exact) mass is 356 g/mol. The van der Waals surface area contributed by atoms with Crippen molar-refractivity contribution in [3.8, 4) is 11.5 Å². The molecule has 1 unspecified atom stereocenters. The predicted octanol–water partition coefficient (Wildman–Crippen LogP) is 1.22. The largest absolute Gasteiger partial charge is 0.493 e. The van der Waals surface area contributed by atoms with Crippen molar-refractivity contribution < 1.29 is 33.8 Å². The van der Waals surface area contributed by atoms with Crippen molar-refractivity contribution in [3.05, 3.63) is 27.8 Å². The Morgan fingerprint density at radius 2 is 1.96 bits per heavy atom. The zero-order valence-corrected chi connectivity index (χ0v) is 14.1. The van der Waals surface area contributed by atoms with Crippen LogP contribution in [0.25, 0.3) is 0 Å². The van der Waals surface area contributed by atoms with E-state index in [0.717, 1.165) is 6.07 Å². The molecule has 1 amide bonds. The maximum absolute atomic E-state index is 12.3. The van der Waals surface area contributed by atoms with Crippen LogP contribution >= 0.6 is 0 Å².